The largest absolute Gasteiger partial charge is 0.406 e. The normalized spacial score (nSPS) is 10.5. The number of amides is 1. The maximum atomic E-state index is 12.6. The summed E-state index contributed by atoms with van der Waals surface area (Å²) in [6.07, 6.45) is 1.46. The second kappa shape index (κ2) is 8.29. The van der Waals surface area contributed by atoms with Crippen molar-refractivity contribution in [3.8, 4) is 0 Å². The van der Waals surface area contributed by atoms with Crippen LogP contribution in [0.15, 0.2) is 65.6 Å². The van der Waals surface area contributed by atoms with Gasteiger partial charge in [-0.15, -0.1) is 0 Å². The number of carbonyl (C=O) groups excluding carboxylic acids is 1. The maximum Gasteiger partial charge on any atom is 0.295 e. The van der Waals surface area contributed by atoms with Crippen molar-refractivity contribution >= 4 is 34.8 Å². The van der Waals surface area contributed by atoms with E-state index < -0.39 is 11.5 Å². The van der Waals surface area contributed by atoms with E-state index in [0.717, 1.165) is 15.9 Å². The quantitative estimate of drug-likeness (QED) is 0.689. The van der Waals surface area contributed by atoms with Crippen molar-refractivity contribution in [1.82, 2.24) is 4.73 Å². The molecule has 3 rings (SSSR count). The average molecular weight is 403 g/mol. The van der Waals surface area contributed by atoms with Gasteiger partial charge in [0, 0.05) is 6.20 Å². The minimum absolute atomic E-state index is 0.0715. The molecule has 0 spiro atoms. The van der Waals surface area contributed by atoms with Gasteiger partial charge in [-0.25, -0.2) is 0 Å². The van der Waals surface area contributed by atoms with Gasteiger partial charge in [-0.3, -0.25) is 9.59 Å². The molecule has 3 aromatic rings. The van der Waals surface area contributed by atoms with Gasteiger partial charge in [0.1, 0.15) is 12.2 Å². The van der Waals surface area contributed by atoms with Crippen molar-refractivity contribution in [2.45, 2.75) is 13.5 Å². The first-order chi connectivity index (χ1) is 13.0. The van der Waals surface area contributed by atoms with Crippen LogP contribution in [-0.4, -0.2) is 10.6 Å². The molecule has 1 aromatic heterocycles. The minimum atomic E-state index is -0.599. The van der Waals surface area contributed by atoms with Gasteiger partial charge in [0.15, 0.2) is 0 Å². The first-order valence-corrected chi connectivity index (χ1v) is 8.87. The number of aryl methyl sites for hydroxylation is 1. The Hall–Kier alpha value is -2.76. The van der Waals surface area contributed by atoms with Gasteiger partial charge in [0.05, 0.1) is 15.7 Å². The lowest BCUT2D eigenvalue weighted by molar-refractivity contribution is 0.0863. The molecule has 0 atom stereocenters. The smallest absolute Gasteiger partial charge is 0.295 e. The van der Waals surface area contributed by atoms with E-state index in [9.17, 15) is 9.59 Å². The molecule has 5 nitrogen and oxygen atoms in total. The number of aromatic nitrogens is 1. The van der Waals surface area contributed by atoms with Gasteiger partial charge in [0.25, 0.3) is 11.5 Å². The summed E-state index contributed by atoms with van der Waals surface area (Å²) in [5.41, 5.74) is 1.70. The minimum Gasteiger partial charge on any atom is -0.406 e. The fraction of sp³-hybridized carbons (Fsp3) is 0.100. The predicted octanol–water partition coefficient (Wildman–Crippen LogP) is 4.34. The third-order valence-corrected chi connectivity index (χ3v) is 4.63. The lowest BCUT2D eigenvalue weighted by atomic mass is 10.1. The lowest BCUT2D eigenvalue weighted by Crippen LogP contribution is -2.32. The summed E-state index contributed by atoms with van der Waals surface area (Å²) < 4.78 is 1.04. The summed E-state index contributed by atoms with van der Waals surface area (Å²) in [6, 6.07) is 15.6. The van der Waals surface area contributed by atoms with Crippen LogP contribution in [0.5, 0.6) is 0 Å². The molecule has 0 unspecified atom stereocenters. The van der Waals surface area contributed by atoms with Gasteiger partial charge < -0.3 is 10.2 Å². The van der Waals surface area contributed by atoms with Crippen LogP contribution < -0.4 is 15.7 Å². The van der Waals surface area contributed by atoms with Gasteiger partial charge in [-0.1, -0.05) is 59.1 Å². The topological polar surface area (TPSA) is 60.3 Å². The second-order valence-electron chi connectivity index (χ2n) is 5.87. The zero-order valence-electron chi connectivity index (χ0n) is 14.4. The Labute approximate surface area is 166 Å². The second-order valence-corrected chi connectivity index (χ2v) is 6.66. The summed E-state index contributed by atoms with van der Waals surface area (Å²) in [4.78, 5) is 30.6. The third kappa shape index (κ3) is 4.51. The van der Waals surface area contributed by atoms with Crippen LogP contribution in [0.2, 0.25) is 10.0 Å². The molecule has 0 aliphatic rings. The SMILES string of the molecule is Cc1cccc(COn2cccc(C(=O)Nc3cccc(Cl)c3Cl)c2=O)c1. The number of anilines is 1. The molecule has 0 aliphatic heterocycles. The van der Waals surface area contributed by atoms with E-state index in [1.165, 1.54) is 12.3 Å². The number of nitrogens with zero attached hydrogens (tertiary/aromatic N) is 1. The molecule has 1 amide bonds. The Bertz CT molecular complexity index is 1050. The molecule has 0 radical (unpaired) electrons. The number of nitrogens with one attached hydrogen (secondary N) is 1. The molecular weight excluding hydrogens is 387 g/mol. The van der Waals surface area contributed by atoms with E-state index in [1.807, 2.05) is 31.2 Å². The Morgan fingerprint density at radius 3 is 2.67 bits per heavy atom. The Morgan fingerprint density at radius 1 is 1.11 bits per heavy atom. The van der Waals surface area contributed by atoms with Crippen molar-refractivity contribution in [1.29, 1.82) is 0 Å². The number of halogens is 2. The monoisotopic (exact) mass is 402 g/mol. The lowest BCUT2D eigenvalue weighted by Gasteiger charge is -2.11. The van der Waals surface area contributed by atoms with Crippen LogP contribution in [0.3, 0.4) is 0 Å². The third-order valence-electron chi connectivity index (χ3n) is 3.81. The van der Waals surface area contributed by atoms with Crippen molar-refractivity contribution in [2.75, 3.05) is 5.32 Å². The van der Waals surface area contributed by atoms with Crippen LogP contribution in [0.25, 0.3) is 0 Å². The van der Waals surface area contributed by atoms with Crippen LogP contribution in [0, 0.1) is 6.92 Å². The molecule has 0 saturated carbocycles. The molecule has 2 aromatic carbocycles. The van der Waals surface area contributed by atoms with Crippen molar-refractivity contribution in [3.63, 3.8) is 0 Å². The molecule has 0 saturated heterocycles. The molecule has 0 aliphatic carbocycles. The standard InChI is InChI=1S/C20H16Cl2N2O3/c1-13-5-2-6-14(11-13)12-27-24-10-4-7-15(20(24)26)19(25)23-17-9-3-8-16(21)18(17)22/h2-11H,12H2,1H3,(H,23,25). The number of benzene rings is 2. The van der Waals surface area contributed by atoms with Crippen LogP contribution in [0.1, 0.15) is 21.5 Å². The van der Waals surface area contributed by atoms with Gasteiger partial charge >= 0.3 is 0 Å². The number of carbonyl (C=O) groups is 1. The van der Waals surface area contributed by atoms with Crippen molar-refractivity contribution in [2.24, 2.45) is 0 Å². The number of hydrogen-bond donors (Lipinski definition) is 1. The molecule has 1 N–H and O–H groups in total. The molecule has 1 heterocycles. The van der Waals surface area contributed by atoms with Crippen molar-refractivity contribution in [3.05, 3.63) is 97.9 Å². The predicted molar refractivity (Wildman–Crippen MR) is 107 cm³/mol. The van der Waals surface area contributed by atoms with Gasteiger partial charge in [-0.05, 0) is 36.8 Å². The summed E-state index contributed by atoms with van der Waals surface area (Å²) >= 11 is 12.0. The van der Waals surface area contributed by atoms with Gasteiger partial charge in [-0.2, -0.15) is 4.73 Å². The van der Waals surface area contributed by atoms with E-state index in [0.29, 0.717) is 10.7 Å². The molecule has 0 fully saturated rings. The van der Waals surface area contributed by atoms with E-state index in [4.69, 9.17) is 28.0 Å². The average Bonchev–Trinajstić information content (AvgIpc) is 2.64. The summed E-state index contributed by atoms with van der Waals surface area (Å²) in [5.74, 6) is -0.599. The number of pyridine rings is 1. The molecule has 138 valence electrons. The van der Waals surface area contributed by atoms with Crippen LogP contribution >= 0.6 is 23.2 Å². The summed E-state index contributed by atoms with van der Waals surface area (Å²) in [5, 5.41) is 3.11. The number of hydrogen-bond acceptors (Lipinski definition) is 3. The highest BCUT2D eigenvalue weighted by Gasteiger charge is 2.15. The molecular formula is C20H16Cl2N2O3. The molecule has 7 heteroatoms. The van der Waals surface area contributed by atoms with E-state index in [2.05, 4.69) is 5.32 Å². The first-order valence-electron chi connectivity index (χ1n) is 8.11. The van der Waals surface area contributed by atoms with E-state index in [1.54, 1.807) is 24.3 Å². The first kappa shape index (κ1) is 19.0. The maximum absolute atomic E-state index is 12.6. The molecule has 27 heavy (non-hydrogen) atoms. The Kier molecular flexibility index (Phi) is 5.84. The molecule has 0 bridgehead atoms. The van der Waals surface area contributed by atoms with Crippen LogP contribution in [0.4, 0.5) is 5.69 Å². The zero-order chi connectivity index (χ0) is 19.4. The fourth-order valence-corrected chi connectivity index (χ4v) is 2.83. The highest BCUT2D eigenvalue weighted by molar-refractivity contribution is 6.44. The Morgan fingerprint density at radius 2 is 1.89 bits per heavy atom. The highest BCUT2D eigenvalue weighted by Crippen LogP contribution is 2.29. The fourth-order valence-electron chi connectivity index (χ4n) is 2.49. The Balaban J connectivity index is 1.79. The summed E-state index contributed by atoms with van der Waals surface area (Å²) in [6.45, 7) is 2.17. The highest BCUT2D eigenvalue weighted by atomic mass is 35.5. The van der Waals surface area contributed by atoms with Crippen LogP contribution in [-0.2, 0) is 6.61 Å². The van der Waals surface area contributed by atoms with Crippen molar-refractivity contribution < 1.29 is 9.63 Å². The van der Waals surface area contributed by atoms with E-state index >= 15 is 0 Å². The van der Waals surface area contributed by atoms with Gasteiger partial charge in [0.2, 0.25) is 0 Å². The van der Waals surface area contributed by atoms with E-state index in [-0.39, 0.29) is 17.2 Å². The number of rotatable bonds is 5. The summed E-state index contributed by atoms with van der Waals surface area (Å²) in [7, 11) is 0. The zero-order valence-corrected chi connectivity index (χ0v) is 15.9.